The summed E-state index contributed by atoms with van der Waals surface area (Å²) in [6.45, 7) is 8.48. The molecule has 2 aliphatic heterocycles. The molecule has 0 saturated carbocycles. The normalized spacial score (nSPS) is 20.7. The Balaban J connectivity index is 1.61. The second kappa shape index (κ2) is 6.16. The van der Waals surface area contributed by atoms with E-state index in [0.29, 0.717) is 0 Å². The predicted molar refractivity (Wildman–Crippen MR) is 92.6 cm³/mol. The SMILES string of the molecule is Cc1ccc(NC(C)(C)C(=O)N2CCC3(CCCO3)CC2)cc1. The van der Waals surface area contributed by atoms with Gasteiger partial charge in [-0.2, -0.15) is 0 Å². The molecule has 0 aliphatic carbocycles. The van der Waals surface area contributed by atoms with Crippen LogP contribution in [0.15, 0.2) is 24.3 Å². The predicted octanol–water partition coefficient (Wildman–Crippen LogP) is 3.36. The fourth-order valence-electron chi connectivity index (χ4n) is 3.71. The number of rotatable bonds is 3. The highest BCUT2D eigenvalue weighted by Gasteiger charge is 2.41. The highest BCUT2D eigenvalue weighted by atomic mass is 16.5. The highest BCUT2D eigenvalue weighted by Crippen LogP contribution is 2.36. The van der Waals surface area contributed by atoms with Crippen molar-refractivity contribution in [2.75, 3.05) is 25.0 Å². The lowest BCUT2D eigenvalue weighted by Gasteiger charge is -2.41. The van der Waals surface area contributed by atoms with Gasteiger partial charge in [0.2, 0.25) is 5.91 Å². The second-order valence-electron chi connectivity index (χ2n) is 7.54. The third kappa shape index (κ3) is 3.52. The van der Waals surface area contributed by atoms with Gasteiger partial charge in [0.15, 0.2) is 0 Å². The zero-order valence-corrected chi connectivity index (χ0v) is 14.5. The molecule has 0 unspecified atom stereocenters. The fourth-order valence-corrected chi connectivity index (χ4v) is 3.71. The Hall–Kier alpha value is -1.55. The molecule has 126 valence electrons. The van der Waals surface area contributed by atoms with Gasteiger partial charge in [0.05, 0.1) is 5.60 Å². The molecule has 0 aromatic heterocycles. The fraction of sp³-hybridized carbons (Fsp3) is 0.632. The molecule has 23 heavy (non-hydrogen) atoms. The van der Waals surface area contributed by atoms with Gasteiger partial charge in [-0.25, -0.2) is 0 Å². The lowest BCUT2D eigenvalue weighted by atomic mass is 9.88. The molecule has 2 fully saturated rings. The average molecular weight is 316 g/mol. The Kier molecular flexibility index (Phi) is 4.37. The van der Waals surface area contributed by atoms with E-state index in [9.17, 15) is 4.79 Å². The van der Waals surface area contributed by atoms with E-state index in [1.807, 2.05) is 30.9 Å². The van der Waals surface area contributed by atoms with Crippen LogP contribution in [0, 0.1) is 6.92 Å². The molecule has 2 aliphatic rings. The summed E-state index contributed by atoms with van der Waals surface area (Å²) in [7, 11) is 0. The van der Waals surface area contributed by atoms with Crippen LogP contribution in [0.1, 0.15) is 45.1 Å². The first-order valence-corrected chi connectivity index (χ1v) is 8.69. The largest absolute Gasteiger partial charge is 0.375 e. The molecule has 3 rings (SSSR count). The maximum Gasteiger partial charge on any atom is 0.247 e. The number of likely N-dealkylation sites (tertiary alicyclic amines) is 1. The van der Waals surface area contributed by atoms with Gasteiger partial charge >= 0.3 is 0 Å². The Bertz CT molecular complexity index is 549. The highest BCUT2D eigenvalue weighted by molar-refractivity contribution is 5.88. The van der Waals surface area contributed by atoms with Gasteiger partial charge in [-0.1, -0.05) is 17.7 Å². The number of benzene rings is 1. The first kappa shape index (κ1) is 16.3. The number of anilines is 1. The molecule has 2 saturated heterocycles. The molecule has 0 atom stereocenters. The van der Waals surface area contributed by atoms with E-state index in [4.69, 9.17) is 4.74 Å². The third-order valence-corrected chi connectivity index (χ3v) is 5.19. The van der Waals surface area contributed by atoms with E-state index in [1.165, 1.54) is 5.56 Å². The van der Waals surface area contributed by atoms with Gasteiger partial charge in [-0.05, 0) is 58.6 Å². The molecule has 1 aromatic carbocycles. The maximum atomic E-state index is 12.9. The Labute approximate surface area is 139 Å². The van der Waals surface area contributed by atoms with Crippen molar-refractivity contribution in [3.05, 3.63) is 29.8 Å². The van der Waals surface area contributed by atoms with Crippen LogP contribution in [0.2, 0.25) is 0 Å². The standard InChI is InChI=1S/C19H28N2O2/c1-15-5-7-16(8-6-15)20-18(2,3)17(22)21-12-10-19(11-13-21)9-4-14-23-19/h5-8,20H,4,9-14H2,1-3H3. The summed E-state index contributed by atoms with van der Waals surface area (Å²) in [5, 5.41) is 3.38. The number of piperidine rings is 1. The van der Waals surface area contributed by atoms with Gasteiger partial charge in [-0.15, -0.1) is 0 Å². The first-order chi connectivity index (χ1) is 10.9. The van der Waals surface area contributed by atoms with E-state index >= 15 is 0 Å². The Morgan fingerprint density at radius 1 is 1.17 bits per heavy atom. The van der Waals surface area contributed by atoms with Crippen molar-refractivity contribution < 1.29 is 9.53 Å². The number of nitrogens with one attached hydrogen (secondary N) is 1. The minimum atomic E-state index is -0.601. The topological polar surface area (TPSA) is 41.6 Å². The summed E-state index contributed by atoms with van der Waals surface area (Å²) in [6.07, 6.45) is 4.26. The van der Waals surface area contributed by atoms with Crippen LogP contribution in [0.25, 0.3) is 0 Å². The molecule has 0 bridgehead atoms. The summed E-state index contributed by atoms with van der Waals surface area (Å²) in [6, 6.07) is 8.18. The van der Waals surface area contributed by atoms with Crippen molar-refractivity contribution in [2.24, 2.45) is 0 Å². The number of hydrogen-bond acceptors (Lipinski definition) is 3. The van der Waals surface area contributed by atoms with E-state index in [1.54, 1.807) is 0 Å². The monoisotopic (exact) mass is 316 g/mol. The minimum Gasteiger partial charge on any atom is -0.375 e. The van der Waals surface area contributed by atoms with Gasteiger partial charge < -0.3 is 15.0 Å². The van der Waals surface area contributed by atoms with Crippen LogP contribution in [-0.4, -0.2) is 41.6 Å². The summed E-state index contributed by atoms with van der Waals surface area (Å²) < 4.78 is 5.95. The van der Waals surface area contributed by atoms with Crippen molar-refractivity contribution in [2.45, 2.75) is 57.6 Å². The smallest absolute Gasteiger partial charge is 0.247 e. The lowest BCUT2D eigenvalue weighted by Crippen LogP contribution is -2.54. The molecule has 2 heterocycles. The number of amides is 1. The summed E-state index contributed by atoms with van der Waals surface area (Å²) >= 11 is 0. The van der Waals surface area contributed by atoms with Crippen LogP contribution < -0.4 is 5.32 Å². The van der Waals surface area contributed by atoms with Crippen molar-refractivity contribution in [3.8, 4) is 0 Å². The number of nitrogens with zero attached hydrogens (tertiary/aromatic N) is 1. The van der Waals surface area contributed by atoms with Crippen LogP contribution >= 0.6 is 0 Å². The van der Waals surface area contributed by atoms with Crippen molar-refractivity contribution in [1.29, 1.82) is 0 Å². The average Bonchev–Trinajstić information content (AvgIpc) is 2.98. The zero-order chi connectivity index (χ0) is 16.5. The number of ether oxygens (including phenoxy) is 1. The molecule has 1 spiro atoms. The van der Waals surface area contributed by atoms with E-state index in [-0.39, 0.29) is 11.5 Å². The molecule has 4 nitrogen and oxygen atoms in total. The van der Waals surface area contributed by atoms with Gasteiger partial charge in [0.1, 0.15) is 5.54 Å². The van der Waals surface area contributed by atoms with Gasteiger partial charge in [-0.3, -0.25) is 4.79 Å². The minimum absolute atomic E-state index is 0.0608. The zero-order valence-electron chi connectivity index (χ0n) is 14.5. The molecule has 0 radical (unpaired) electrons. The Morgan fingerprint density at radius 3 is 2.39 bits per heavy atom. The third-order valence-electron chi connectivity index (χ3n) is 5.19. The number of aryl methyl sites for hydroxylation is 1. The van der Waals surface area contributed by atoms with Gasteiger partial charge in [0.25, 0.3) is 0 Å². The van der Waals surface area contributed by atoms with Gasteiger partial charge in [0, 0.05) is 25.4 Å². The van der Waals surface area contributed by atoms with Crippen LogP contribution in [0.5, 0.6) is 0 Å². The quantitative estimate of drug-likeness (QED) is 0.930. The molecular weight excluding hydrogens is 288 g/mol. The van der Waals surface area contributed by atoms with E-state index in [0.717, 1.165) is 51.1 Å². The molecule has 4 heteroatoms. The Morgan fingerprint density at radius 2 is 1.83 bits per heavy atom. The molecule has 1 amide bonds. The van der Waals surface area contributed by atoms with Crippen LogP contribution in [0.3, 0.4) is 0 Å². The van der Waals surface area contributed by atoms with Crippen molar-refractivity contribution in [3.63, 3.8) is 0 Å². The number of carbonyl (C=O) groups is 1. The maximum absolute atomic E-state index is 12.9. The lowest BCUT2D eigenvalue weighted by molar-refractivity contribution is -0.139. The van der Waals surface area contributed by atoms with Crippen LogP contribution in [-0.2, 0) is 9.53 Å². The number of carbonyl (C=O) groups excluding carboxylic acids is 1. The van der Waals surface area contributed by atoms with Crippen molar-refractivity contribution >= 4 is 11.6 Å². The molecule has 1 N–H and O–H groups in total. The summed E-state index contributed by atoms with van der Waals surface area (Å²) in [5.41, 5.74) is 1.67. The molecular formula is C19H28N2O2. The molecule has 1 aromatic rings. The van der Waals surface area contributed by atoms with Crippen LogP contribution in [0.4, 0.5) is 5.69 Å². The summed E-state index contributed by atoms with van der Waals surface area (Å²) in [4.78, 5) is 14.9. The van der Waals surface area contributed by atoms with Crippen molar-refractivity contribution in [1.82, 2.24) is 4.90 Å². The summed E-state index contributed by atoms with van der Waals surface area (Å²) in [5.74, 6) is 0.172. The second-order valence-corrected chi connectivity index (χ2v) is 7.54. The first-order valence-electron chi connectivity index (χ1n) is 8.69. The van der Waals surface area contributed by atoms with E-state index < -0.39 is 5.54 Å². The van der Waals surface area contributed by atoms with E-state index in [2.05, 4.69) is 24.4 Å². The number of hydrogen-bond donors (Lipinski definition) is 1.